The Morgan fingerprint density at radius 2 is 1.38 bits per heavy atom. The molecule has 0 heterocycles. The highest BCUT2D eigenvalue weighted by Gasteiger charge is 2.44. The SMILES string of the molecule is CCCCCC1CCC(C2CCC(c3ccc(C4CCC(C(F)(F)Oc5cc(F)c(N=C=S)c(F)c5)CC4)c(F)c3)CC2)CC1. The van der Waals surface area contributed by atoms with Crippen LogP contribution in [0.3, 0.4) is 0 Å². The lowest BCUT2D eigenvalue weighted by molar-refractivity contribution is -0.222. The van der Waals surface area contributed by atoms with E-state index in [9.17, 15) is 8.78 Å². The van der Waals surface area contributed by atoms with Gasteiger partial charge < -0.3 is 4.74 Å². The highest BCUT2D eigenvalue weighted by atomic mass is 32.1. The van der Waals surface area contributed by atoms with Gasteiger partial charge in [0.1, 0.15) is 17.3 Å². The molecule has 0 spiro atoms. The average molecular weight is 648 g/mol. The Morgan fingerprint density at radius 3 is 1.96 bits per heavy atom. The molecular formula is C37H46F5NOS. The number of unbranched alkanes of at least 4 members (excludes halogenated alkanes) is 2. The van der Waals surface area contributed by atoms with Crippen LogP contribution in [0, 0.1) is 41.1 Å². The van der Waals surface area contributed by atoms with Crippen molar-refractivity contribution in [1.82, 2.24) is 0 Å². The van der Waals surface area contributed by atoms with Gasteiger partial charge >= 0.3 is 6.11 Å². The van der Waals surface area contributed by atoms with Crippen LogP contribution in [0.1, 0.15) is 133 Å². The Bertz CT molecular complexity index is 1300. The summed E-state index contributed by atoms with van der Waals surface area (Å²) in [5.41, 5.74) is 0.946. The first-order valence-electron chi connectivity index (χ1n) is 17.1. The number of hydrogen-bond donors (Lipinski definition) is 0. The summed E-state index contributed by atoms with van der Waals surface area (Å²) in [4.78, 5) is 3.28. The van der Waals surface area contributed by atoms with E-state index in [1.807, 2.05) is 11.2 Å². The molecule has 3 saturated carbocycles. The van der Waals surface area contributed by atoms with Crippen LogP contribution in [-0.4, -0.2) is 11.3 Å². The number of ether oxygens (including phenoxy) is 1. The molecule has 3 fully saturated rings. The smallest absolute Gasteiger partial charge is 0.400 e. The zero-order chi connectivity index (χ0) is 32.0. The molecule has 0 amide bonds. The van der Waals surface area contributed by atoms with E-state index in [2.05, 4.69) is 30.2 Å². The van der Waals surface area contributed by atoms with E-state index in [0.717, 1.165) is 36.2 Å². The first-order valence-corrected chi connectivity index (χ1v) is 17.5. The van der Waals surface area contributed by atoms with E-state index in [0.29, 0.717) is 36.5 Å². The summed E-state index contributed by atoms with van der Waals surface area (Å²) < 4.78 is 78.4. The van der Waals surface area contributed by atoms with Crippen molar-refractivity contribution >= 4 is 23.1 Å². The topological polar surface area (TPSA) is 21.6 Å². The van der Waals surface area contributed by atoms with Crippen molar-refractivity contribution < 1.29 is 26.7 Å². The summed E-state index contributed by atoms with van der Waals surface area (Å²) in [6.45, 7) is 2.27. The number of halogens is 5. The molecule has 45 heavy (non-hydrogen) atoms. The average Bonchev–Trinajstić information content (AvgIpc) is 3.03. The van der Waals surface area contributed by atoms with Crippen molar-refractivity contribution in [2.75, 3.05) is 0 Å². The Hall–Kier alpha value is -2.31. The summed E-state index contributed by atoms with van der Waals surface area (Å²) in [6.07, 6.45) is 13.0. The molecule has 5 rings (SSSR count). The molecule has 8 heteroatoms. The van der Waals surface area contributed by atoms with Crippen molar-refractivity contribution in [3.05, 3.63) is 58.9 Å². The van der Waals surface area contributed by atoms with Gasteiger partial charge in [-0.05, 0) is 123 Å². The van der Waals surface area contributed by atoms with Gasteiger partial charge in [0.2, 0.25) is 0 Å². The number of isothiocyanates is 1. The van der Waals surface area contributed by atoms with Crippen LogP contribution < -0.4 is 4.74 Å². The van der Waals surface area contributed by atoms with Gasteiger partial charge in [-0.2, -0.15) is 13.8 Å². The molecule has 0 aromatic heterocycles. The predicted octanol–water partition coefficient (Wildman–Crippen LogP) is 12.4. The largest absolute Gasteiger partial charge is 0.432 e. The molecule has 0 aliphatic heterocycles. The van der Waals surface area contributed by atoms with E-state index in [1.54, 1.807) is 6.07 Å². The van der Waals surface area contributed by atoms with Crippen LogP contribution in [0.15, 0.2) is 35.3 Å². The monoisotopic (exact) mass is 647 g/mol. The Balaban J connectivity index is 1.10. The molecule has 0 saturated heterocycles. The Kier molecular flexibility index (Phi) is 11.7. The van der Waals surface area contributed by atoms with Crippen LogP contribution in [-0.2, 0) is 0 Å². The standard InChI is InChI=1S/C37H46F5NOS/c1-2-3-4-5-24-6-8-25(9-7-24)26-10-12-27(13-11-26)29-16-19-32(33(38)20-29)28-14-17-30(18-15-28)37(41,42)44-31-21-34(39)36(43-23-45)35(40)22-31/h16,19-22,24-28,30H,2-15,17-18H2,1H3. The van der Waals surface area contributed by atoms with Crippen molar-refractivity contribution in [2.24, 2.45) is 28.7 Å². The van der Waals surface area contributed by atoms with E-state index in [4.69, 9.17) is 4.74 Å². The molecule has 3 aliphatic carbocycles. The van der Waals surface area contributed by atoms with Gasteiger partial charge in [-0.15, -0.1) is 0 Å². The van der Waals surface area contributed by atoms with Crippen LogP contribution >= 0.6 is 12.2 Å². The number of thiocarbonyl (C=S) groups is 1. The fourth-order valence-electron chi connectivity index (χ4n) is 8.42. The molecule has 0 N–H and O–H groups in total. The molecule has 3 aliphatic rings. The number of alkyl halides is 2. The zero-order valence-corrected chi connectivity index (χ0v) is 27.1. The molecule has 2 aromatic carbocycles. The summed E-state index contributed by atoms with van der Waals surface area (Å²) in [6, 6.07) is 6.93. The van der Waals surface area contributed by atoms with Crippen LogP contribution in [0.4, 0.5) is 27.6 Å². The third-order valence-electron chi connectivity index (χ3n) is 11.1. The fraction of sp³-hybridized carbons (Fsp3) is 0.649. The van der Waals surface area contributed by atoms with Gasteiger partial charge in [-0.25, -0.2) is 13.2 Å². The number of rotatable bonds is 11. The second kappa shape index (κ2) is 15.5. The normalized spacial score (nSPS) is 27.5. The minimum absolute atomic E-state index is 0.113. The first kappa shape index (κ1) is 34.0. The maximum atomic E-state index is 15.4. The van der Waals surface area contributed by atoms with Crippen LogP contribution in [0.25, 0.3) is 0 Å². The van der Waals surface area contributed by atoms with E-state index < -0.39 is 35.1 Å². The number of nitrogens with zero attached hydrogens (tertiary/aromatic N) is 1. The fourth-order valence-corrected chi connectivity index (χ4v) is 8.51. The molecular weight excluding hydrogens is 601 g/mol. The number of aliphatic imine (C=N–C) groups is 1. The summed E-state index contributed by atoms with van der Waals surface area (Å²) in [5, 5.41) is 1.86. The minimum Gasteiger partial charge on any atom is -0.432 e. The predicted molar refractivity (Wildman–Crippen MR) is 172 cm³/mol. The lowest BCUT2D eigenvalue weighted by Gasteiger charge is -2.38. The van der Waals surface area contributed by atoms with Crippen molar-refractivity contribution in [3.8, 4) is 5.75 Å². The van der Waals surface area contributed by atoms with E-state index in [1.165, 1.54) is 64.2 Å². The van der Waals surface area contributed by atoms with E-state index in [-0.39, 0.29) is 24.6 Å². The molecule has 0 radical (unpaired) electrons. The van der Waals surface area contributed by atoms with E-state index >= 15 is 13.2 Å². The maximum Gasteiger partial charge on any atom is 0.400 e. The number of benzene rings is 2. The van der Waals surface area contributed by atoms with Crippen LogP contribution in [0.5, 0.6) is 5.75 Å². The van der Waals surface area contributed by atoms with Gasteiger partial charge in [-0.3, -0.25) is 0 Å². The van der Waals surface area contributed by atoms with Crippen molar-refractivity contribution in [3.63, 3.8) is 0 Å². The Labute approximate surface area is 270 Å². The molecule has 0 atom stereocenters. The first-order chi connectivity index (χ1) is 21.7. The van der Waals surface area contributed by atoms with Gasteiger partial charge in [0.15, 0.2) is 11.6 Å². The maximum absolute atomic E-state index is 15.4. The number of hydrogen-bond acceptors (Lipinski definition) is 3. The van der Waals surface area contributed by atoms with Gasteiger partial charge in [0.05, 0.1) is 11.1 Å². The summed E-state index contributed by atoms with van der Waals surface area (Å²) in [7, 11) is 0. The molecule has 0 bridgehead atoms. The molecule has 246 valence electrons. The molecule has 2 nitrogen and oxygen atoms in total. The highest BCUT2D eigenvalue weighted by Crippen LogP contribution is 2.47. The lowest BCUT2D eigenvalue weighted by Crippen LogP contribution is -2.37. The third kappa shape index (κ3) is 8.54. The van der Waals surface area contributed by atoms with Gasteiger partial charge in [-0.1, -0.05) is 57.6 Å². The minimum atomic E-state index is -3.63. The van der Waals surface area contributed by atoms with Crippen molar-refractivity contribution in [1.29, 1.82) is 0 Å². The van der Waals surface area contributed by atoms with Gasteiger partial charge in [0.25, 0.3) is 0 Å². The van der Waals surface area contributed by atoms with Crippen LogP contribution in [0.2, 0.25) is 0 Å². The zero-order valence-electron chi connectivity index (χ0n) is 26.3. The highest BCUT2D eigenvalue weighted by molar-refractivity contribution is 7.78. The van der Waals surface area contributed by atoms with Gasteiger partial charge in [0, 0.05) is 12.1 Å². The lowest BCUT2D eigenvalue weighted by atomic mass is 9.68. The Morgan fingerprint density at radius 1 is 0.778 bits per heavy atom. The summed E-state index contributed by atoms with van der Waals surface area (Å²) >= 11 is 4.36. The van der Waals surface area contributed by atoms with Crippen molar-refractivity contribution in [2.45, 2.75) is 128 Å². The quantitative estimate of drug-likeness (QED) is 0.105. The second-order valence-corrected chi connectivity index (χ2v) is 14.0. The summed E-state index contributed by atoms with van der Waals surface area (Å²) in [5.74, 6) is -1.51. The molecule has 0 unspecified atom stereocenters. The second-order valence-electron chi connectivity index (χ2n) is 13.8. The third-order valence-corrected chi connectivity index (χ3v) is 11.2. The molecule has 2 aromatic rings.